The summed E-state index contributed by atoms with van der Waals surface area (Å²) in [4.78, 5) is 11.7. The maximum atomic E-state index is 11.7. The van der Waals surface area contributed by atoms with Crippen molar-refractivity contribution in [2.75, 3.05) is 6.61 Å². The molecule has 96 valence electrons. The summed E-state index contributed by atoms with van der Waals surface area (Å²) >= 11 is 0. The van der Waals surface area contributed by atoms with Crippen LogP contribution in [0.2, 0.25) is 0 Å². The first-order valence-corrected chi connectivity index (χ1v) is 6.92. The van der Waals surface area contributed by atoms with E-state index in [1.54, 1.807) is 0 Å². The number of esters is 1. The Morgan fingerprint density at radius 2 is 1.69 bits per heavy atom. The Balaban J connectivity index is 3.58. The van der Waals surface area contributed by atoms with Crippen LogP contribution in [0.1, 0.15) is 72.1 Å². The molecule has 2 heteroatoms. The van der Waals surface area contributed by atoms with E-state index in [0.29, 0.717) is 6.61 Å². The van der Waals surface area contributed by atoms with E-state index in [9.17, 15) is 4.79 Å². The molecule has 0 spiro atoms. The number of hydrogen-bond donors (Lipinski definition) is 0. The molecule has 0 rings (SSSR count). The molecule has 0 amide bonds. The average Bonchev–Trinajstić information content (AvgIpc) is 2.30. The van der Waals surface area contributed by atoms with Crippen LogP contribution >= 0.6 is 0 Å². The molecule has 0 aliphatic carbocycles. The van der Waals surface area contributed by atoms with Gasteiger partial charge in [0.15, 0.2) is 0 Å². The van der Waals surface area contributed by atoms with Crippen molar-refractivity contribution in [3.05, 3.63) is 0 Å². The van der Waals surface area contributed by atoms with Gasteiger partial charge < -0.3 is 4.74 Å². The van der Waals surface area contributed by atoms with Gasteiger partial charge in [0, 0.05) is 0 Å². The van der Waals surface area contributed by atoms with Gasteiger partial charge in [0.2, 0.25) is 0 Å². The molecule has 0 fully saturated rings. The Morgan fingerprint density at radius 1 is 1.00 bits per heavy atom. The lowest BCUT2D eigenvalue weighted by molar-refractivity contribution is -0.149. The predicted molar refractivity (Wildman–Crippen MR) is 68.4 cm³/mol. The topological polar surface area (TPSA) is 26.3 Å². The minimum atomic E-state index is 0.0208. The molecule has 1 unspecified atom stereocenters. The van der Waals surface area contributed by atoms with Crippen molar-refractivity contribution in [3.63, 3.8) is 0 Å². The van der Waals surface area contributed by atoms with Crippen LogP contribution in [0.4, 0.5) is 0 Å². The zero-order chi connectivity index (χ0) is 12.2. The fourth-order valence-corrected chi connectivity index (χ4v) is 1.76. The zero-order valence-corrected chi connectivity index (χ0v) is 11.3. The van der Waals surface area contributed by atoms with E-state index in [2.05, 4.69) is 20.8 Å². The lowest BCUT2D eigenvalue weighted by Crippen LogP contribution is -2.17. The van der Waals surface area contributed by atoms with Crippen LogP contribution in [-0.4, -0.2) is 12.6 Å². The van der Waals surface area contributed by atoms with Crippen LogP contribution < -0.4 is 0 Å². The van der Waals surface area contributed by atoms with Crippen LogP contribution in [-0.2, 0) is 9.53 Å². The van der Waals surface area contributed by atoms with Crippen LogP contribution in [0.5, 0.6) is 0 Å². The van der Waals surface area contributed by atoms with Crippen molar-refractivity contribution in [3.8, 4) is 0 Å². The van der Waals surface area contributed by atoms with Gasteiger partial charge in [-0.15, -0.1) is 0 Å². The highest BCUT2D eigenvalue weighted by Gasteiger charge is 2.16. The molecule has 0 bridgehead atoms. The molecule has 0 aliphatic rings. The van der Waals surface area contributed by atoms with Gasteiger partial charge >= 0.3 is 5.97 Å². The Morgan fingerprint density at radius 3 is 2.25 bits per heavy atom. The molecule has 1 atom stereocenters. The standard InChI is InChI=1S/C14H28O2/c1-4-7-9-10-12-16-14(15)13(6-3)11-8-5-2/h13H,4-12H2,1-3H3. The van der Waals surface area contributed by atoms with E-state index in [0.717, 1.165) is 32.1 Å². The van der Waals surface area contributed by atoms with E-state index >= 15 is 0 Å². The first-order valence-electron chi connectivity index (χ1n) is 6.92. The first kappa shape index (κ1) is 15.5. The largest absolute Gasteiger partial charge is 0.465 e. The molecule has 0 saturated heterocycles. The van der Waals surface area contributed by atoms with Crippen molar-refractivity contribution >= 4 is 5.97 Å². The number of carbonyl (C=O) groups excluding carboxylic acids is 1. The molecule has 0 saturated carbocycles. The Labute approximate surface area is 101 Å². The summed E-state index contributed by atoms with van der Waals surface area (Å²) in [6, 6.07) is 0. The van der Waals surface area contributed by atoms with E-state index in [1.165, 1.54) is 19.3 Å². The van der Waals surface area contributed by atoms with Crippen molar-refractivity contribution in [1.82, 2.24) is 0 Å². The molecule has 0 aliphatic heterocycles. The summed E-state index contributed by atoms with van der Waals surface area (Å²) in [5, 5.41) is 0. The molecule has 0 heterocycles. The minimum absolute atomic E-state index is 0.0208. The fourth-order valence-electron chi connectivity index (χ4n) is 1.76. The number of hydrogen-bond acceptors (Lipinski definition) is 2. The normalized spacial score (nSPS) is 12.4. The number of rotatable bonds is 10. The second-order valence-electron chi connectivity index (χ2n) is 4.48. The highest BCUT2D eigenvalue weighted by Crippen LogP contribution is 2.14. The lowest BCUT2D eigenvalue weighted by atomic mass is 10.00. The summed E-state index contributed by atoms with van der Waals surface area (Å²) in [5.74, 6) is 0.151. The van der Waals surface area contributed by atoms with Crippen LogP contribution in [0.3, 0.4) is 0 Å². The van der Waals surface area contributed by atoms with Crippen molar-refractivity contribution in [2.45, 2.75) is 72.1 Å². The van der Waals surface area contributed by atoms with Crippen LogP contribution in [0, 0.1) is 5.92 Å². The summed E-state index contributed by atoms with van der Waals surface area (Å²) in [6.07, 6.45) is 8.84. The zero-order valence-electron chi connectivity index (χ0n) is 11.3. The van der Waals surface area contributed by atoms with Gasteiger partial charge in [0.1, 0.15) is 0 Å². The third-order valence-corrected chi connectivity index (χ3v) is 2.97. The second-order valence-corrected chi connectivity index (χ2v) is 4.48. The third kappa shape index (κ3) is 7.72. The summed E-state index contributed by atoms with van der Waals surface area (Å²) in [5.41, 5.74) is 0. The van der Waals surface area contributed by atoms with Gasteiger partial charge in [-0.1, -0.05) is 52.9 Å². The number of carbonyl (C=O) groups is 1. The average molecular weight is 228 g/mol. The predicted octanol–water partition coefficient (Wildman–Crippen LogP) is 4.33. The molecular formula is C14H28O2. The van der Waals surface area contributed by atoms with Gasteiger partial charge in [0.25, 0.3) is 0 Å². The van der Waals surface area contributed by atoms with Gasteiger partial charge in [-0.05, 0) is 19.3 Å². The monoisotopic (exact) mass is 228 g/mol. The number of unbranched alkanes of at least 4 members (excludes halogenated alkanes) is 4. The van der Waals surface area contributed by atoms with Crippen molar-refractivity contribution in [2.24, 2.45) is 5.92 Å². The maximum Gasteiger partial charge on any atom is 0.308 e. The van der Waals surface area contributed by atoms with Crippen molar-refractivity contribution in [1.29, 1.82) is 0 Å². The lowest BCUT2D eigenvalue weighted by Gasteiger charge is -2.13. The van der Waals surface area contributed by atoms with E-state index in [1.807, 2.05) is 0 Å². The van der Waals surface area contributed by atoms with E-state index < -0.39 is 0 Å². The Hall–Kier alpha value is -0.530. The molecule has 0 aromatic rings. The van der Waals surface area contributed by atoms with Gasteiger partial charge in [-0.3, -0.25) is 4.79 Å². The van der Waals surface area contributed by atoms with Crippen molar-refractivity contribution < 1.29 is 9.53 Å². The second kappa shape index (κ2) is 11.0. The summed E-state index contributed by atoms with van der Waals surface area (Å²) < 4.78 is 5.30. The maximum absolute atomic E-state index is 11.7. The Bertz CT molecular complexity index is 166. The van der Waals surface area contributed by atoms with E-state index in [4.69, 9.17) is 4.74 Å². The molecule has 0 aromatic carbocycles. The SMILES string of the molecule is CCCCCCOC(=O)C(CC)CCCC. The number of ether oxygens (including phenoxy) is 1. The highest BCUT2D eigenvalue weighted by atomic mass is 16.5. The molecule has 0 radical (unpaired) electrons. The molecule has 0 N–H and O–H groups in total. The summed E-state index contributed by atoms with van der Waals surface area (Å²) in [6.45, 7) is 7.02. The van der Waals surface area contributed by atoms with Gasteiger partial charge in [-0.25, -0.2) is 0 Å². The molecule has 16 heavy (non-hydrogen) atoms. The Kier molecular flexibility index (Phi) is 10.6. The van der Waals surface area contributed by atoms with Crippen LogP contribution in [0.25, 0.3) is 0 Å². The van der Waals surface area contributed by atoms with E-state index in [-0.39, 0.29) is 11.9 Å². The molecule has 0 aromatic heterocycles. The minimum Gasteiger partial charge on any atom is -0.465 e. The first-order chi connectivity index (χ1) is 7.76. The third-order valence-electron chi connectivity index (χ3n) is 2.97. The highest BCUT2D eigenvalue weighted by molar-refractivity contribution is 5.72. The molecule has 2 nitrogen and oxygen atoms in total. The smallest absolute Gasteiger partial charge is 0.308 e. The quantitative estimate of drug-likeness (QED) is 0.411. The van der Waals surface area contributed by atoms with Gasteiger partial charge in [0.05, 0.1) is 12.5 Å². The molecular weight excluding hydrogens is 200 g/mol. The summed E-state index contributed by atoms with van der Waals surface area (Å²) in [7, 11) is 0. The fraction of sp³-hybridized carbons (Fsp3) is 0.929. The van der Waals surface area contributed by atoms with Crippen LogP contribution in [0.15, 0.2) is 0 Å². The van der Waals surface area contributed by atoms with Gasteiger partial charge in [-0.2, -0.15) is 0 Å².